The molecule has 2 heterocycles. The van der Waals surface area contributed by atoms with E-state index in [1.54, 1.807) is 0 Å². The summed E-state index contributed by atoms with van der Waals surface area (Å²) in [5, 5.41) is 27.0. The molecular weight excluding hydrogens is 326 g/mol. The molecule has 0 radical (unpaired) electrons. The first-order chi connectivity index (χ1) is 9.61. The maximum Gasteiger partial charge on any atom is 0.247 e. The zero-order chi connectivity index (χ0) is 14.1. The van der Waals surface area contributed by atoms with Crippen molar-refractivity contribution in [1.82, 2.24) is 15.1 Å². The van der Waals surface area contributed by atoms with E-state index in [4.69, 9.17) is 4.42 Å². The Morgan fingerprint density at radius 2 is 1.80 bits per heavy atom. The molecule has 1 aliphatic rings. The van der Waals surface area contributed by atoms with Crippen molar-refractivity contribution in [3.63, 3.8) is 0 Å². The highest BCUT2D eigenvalue weighted by Gasteiger charge is 2.30. The van der Waals surface area contributed by atoms with E-state index in [0.29, 0.717) is 31.4 Å². The summed E-state index contributed by atoms with van der Waals surface area (Å²) >= 11 is 3.37. The van der Waals surface area contributed by atoms with Gasteiger partial charge in [-0.2, -0.15) is 0 Å². The summed E-state index contributed by atoms with van der Waals surface area (Å²) in [5.41, 5.74) is 0.855. The van der Waals surface area contributed by atoms with Gasteiger partial charge >= 0.3 is 0 Å². The van der Waals surface area contributed by atoms with Crippen molar-refractivity contribution >= 4 is 15.9 Å². The SMILES string of the molecule is O[C@@H]1CN(Cc2nnc(-c3ccc(Br)cc3)o2)C[C@@H]1O. The van der Waals surface area contributed by atoms with Gasteiger partial charge in [0.25, 0.3) is 0 Å². The molecule has 3 rings (SSSR count). The Balaban J connectivity index is 1.69. The van der Waals surface area contributed by atoms with Crippen molar-refractivity contribution in [2.24, 2.45) is 0 Å². The van der Waals surface area contributed by atoms with Gasteiger partial charge in [0, 0.05) is 23.1 Å². The second-order valence-corrected chi connectivity index (χ2v) is 5.75. The molecule has 2 N–H and O–H groups in total. The Morgan fingerprint density at radius 3 is 2.45 bits per heavy atom. The lowest BCUT2D eigenvalue weighted by Crippen LogP contribution is -2.22. The van der Waals surface area contributed by atoms with Crippen LogP contribution in [0.4, 0.5) is 0 Å². The Labute approximate surface area is 124 Å². The van der Waals surface area contributed by atoms with E-state index in [2.05, 4.69) is 26.1 Å². The third-order valence-corrected chi connectivity index (χ3v) is 3.78. The minimum absolute atomic E-state index is 0.414. The zero-order valence-electron chi connectivity index (χ0n) is 10.6. The third-order valence-electron chi connectivity index (χ3n) is 3.25. The predicted molar refractivity (Wildman–Crippen MR) is 74.7 cm³/mol. The molecule has 2 atom stereocenters. The highest BCUT2D eigenvalue weighted by atomic mass is 79.9. The number of benzene rings is 1. The molecule has 0 aliphatic carbocycles. The molecular formula is C13H14BrN3O3. The molecule has 0 unspecified atom stereocenters. The molecule has 20 heavy (non-hydrogen) atoms. The minimum atomic E-state index is -0.705. The maximum absolute atomic E-state index is 9.49. The lowest BCUT2D eigenvalue weighted by molar-refractivity contribution is 0.0572. The number of aromatic nitrogens is 2. The fourth-order valence-corrected chi connectivity index (χ4v) is 2.46. The van der Waals surface area contributed by atoms with Gasteiger partial charge in [0.1, 0.15) is 0 Å². The molecule has 1 aromatic heterocycles. The molecule has 0 saturated carbocycles. The van der Waals surface area contributed by atoms with Crippen LogP contribution in [0, 0.1) is 0 Å². The molecule has 0 amide bonds. The van der Waals surface area contributed by atoms with E-state index in [1.165, 1.54) is 0 Å². The quantitative estimate of drug-likeness (QED) is 0.869. The third kappa shape index (κ3) is 2.90. The molecule has 1 fully saturated rings. The first kappa shape index (κ1) is 13.7. The second-order valence-electron chi connectivity index (χ2n) is 4.84. The van der Waals surface area contributed by atoms with Gasteiger partial charge in [-0.05, 0) is 24.3 Å². The lowest BCUT2D eigenvalue weighted by Gasteiger charge is -2.10. The second kappa shape index (κ2) is 5.61. The molecule has 2 aromatic rings. The van der Waals surface area contributed by atoms with Gasteiger partial charge in [0.15, 0.2) is 0 Å². The van der Waals surface area contributed by atoms with E-state index in [9.17, 15) is 10.2 Å². The number of β-amino-alcohol motifs (C(OH)–C–C–N with tert-alkyl or cyclic N) is 2. The molecule has 1 saturated heterocycles. The zero-order valence-corrected chi connectivity index (χ0v) is 12.2. The summed E-state index contributed by atoms with van der Waals surface area (Å²) in [4.78, 5) is 1.88. The van der Waals surface area contributed by atoms with Crippen LogP contribution in [0.25, 0.3) is 11.5 Å². The summed E-state index contributed by atoms with van der Waals surface area (Å²) < 4.78 is 6.59. The molecule has 106 valence electrons. The minimum Gasteiger partial charge on any atom is -0.419 e. The standard InChI is InChI=1S/C13H14BrN3O3/c14-9-3-1-8(2-4-9)13-16-15-12(20-13)7-17-5-10(18)11(19)6-17/h1-4,10-11,18-19H,5-7H2/t10-,11+. The van der Waals surface area contributed by atoms with Crippen molar-refractivity contribution < 1.29 is 14.6 Å². The van der Waals surface area contributed by atoms with Crippen molar-refractivity contribution in [1.29, 1.82) is 0 Å². The van der Waals surface area contributed by atoms with Crippen molar-refractivity contribution in [3.8, 4) is 11.5 Å². The van der Waals surface area contributed by atoms with Crippen LogP contribution in [0.3, 0.4) is 0 Å². The summed E-state index contributed by atoms with van der Waals surface area (Å²) in [6.07, 6.45) is -1.41. The van der Waals surface area contributed by atoms with Crippen LogP contribution in [0.15, 0.2) is 33.2 Å². The van der Waals surface area contributed by atoms with Gasteiger partial charge in [-0.15, -0.1) is 10.2 Å². The fraction of sp³-hybridized carbons (Fsp3) is 0.385. The summed E-state index contributed by atoms with van der Waals surface area (Å²) in [6.45, 7) is 1.26. The monoisotopic (exact) mass is 339 g/mol. The highest BCUT2D eigenvalue weighted by molar-refractivity contribution is 9.10. The summed E-state index contributed by atoms with van der Waals surface area (Å²) in [7, 11) is 0. The Kier molecular flexibility index (Phi) is 3.84. The van der Waals surface area contributed by atoms with E-state index in [-0.39, 0.29) is 0 Å². The number of hydrogen-bond acceptors (Lipinski definition) is 6. The van der Waals surface area contributed by atoms with Crippen LogP contribution in [0.1, 0.15) is 5.89 Å². The highest BCUT2D eigenvalue weighted by Crippen LogP contribution is 2.21. The van der Waals surface area contributed by atoms with Gasteiger partial charge < -0.3 is 14.6 Å². The Hall–Kier alpha value is -1.28. The topological polar surface area (TPSA) is 82.6 Å². The normalized spacial score (nSPS) is 23.4. The molecule has 6 nitrogen and oxygen atoms in total. The number of rotatable bonds is 3. The van der Waals surface area contributed by atoms with E-state index in [0.717, 1.165) is 10.0 Å². The van der Waals surface area contributed by atoms with Crippen LogP contribution in [-0.2, 0) is 6.54 Å². The fourth-order valence-electron chi connectivity index (χ4n) is 2.19. The molecule has 1 aliphatic heterocycles. The number of hydrogen-bond donors (Lipinski definition) is 2. The van der Waals surface area contributed by atoms with Crippen LogP contribution in [0.5, 0.6) is 0 Å². The van der Waals surface area contributed by atoms with Crippen LogP contribution >= 0.6 is 15.9 Å². The average Bonchev–Trinajstić information content (AvgIpc) is 2.99. The summed E-state index contributed by atoms with van der Waals surface area (Å²) in [6, 6.07) is 7.61. The number of aliphatic hydroxyl groups excluding tert-OH is 2. The lowest BCUT2D eigenvalue weighted by atomic mass is 10.2. The van der Waals surface area contributed by atoms with Gasteiger partial charge in [0.2, 0.25) is 11.8 Å². The molecule has 0 bridgehead atoms. The molecule has 1 aromatic carbocycles. The van der Waals surface area contributed by atoms with Gasteiger partial charge in [-0.3, -0.25) is 4.90 Å². The largest absolute Gasteiger partial charge is 0.419 e. The van der Waals surface area contributed by atoms with Gasteiger partial charge in [-0.1, -0.05) is 15.9 Å². The average molecular weight is 340 g/mol. The van der Waals surface area contributed by atoms with Gasteiger partial charge in [-0.25, -0.2) is 0 Å². The van der Waals surface area contributed by atoms with E-state index in [1.807, 2.05) is 29.2 Å². The number of halogens is 1. The first-order valence-electron chi connectivity index (χ1n) is 6.28. The van der Waals surface area contributed by atoms with Crippen molar-refractivity contribution in [2.75, 3.05) is 13.1 Å². The molecule has 0 spiro atoms. The van der Waals surface area contributed by atoms with Crippen molar-refractivity contribution in [3.05, 3.63) is 34.6 Å². The van der Waals surface area contributed by atoms with E-state index < -0.39 is 12.2 Å². The number of likely N-dealkylation sites (tertiary alicyclic amines) is 1. The van der Waals surface area contributed by atoms with E-state index >= 15 is 0 Å². The Morgan fingerprint density at radius 1 is 1.15 bits per heavy atom. The maximum atomic E-state index is 9.49. The number of nitrogens with zero attached hydrogens (tertiary/aromatic N) is 3. The smallest absolute Gasteiger partial charge is 0.247 e. The van der Waals surface area contributed by atoms with Crippen LogP contribution in [-0.4, -0.2) is 50.6 Å². The van der Waals surface area contributed by atoms with Crippen LogP contribution in [0.2, 0.25) is 0 Å². The predicted octanol–water partition coefficient (Wildman–Crippen LogP) is 1.04. The van der Waals surface area contributed by atoms with Crippen molar-refractivity contribution in [2.45, 2.75) is 18.8 Å². The number of aliphatic hydroxyl groups is 2. The van der Waals surface area contributed by atoms with Gasteiger partial charge in [0.05, 0.1) is 18.8 Å². The first-order valence-corrected chi connectivity index (χ1v) is 7.08. The Bertz CT molecular complexity index is 577. The summed E-state index contributed by atoms with van der Waals surface area (Å²) in [5.74, 6) is 0.942. The van der Waals surface area contributed by atoms with Crippen LogP contribution < -0.4 is 0 Å². The molecule has 7 heteroatoms.